The Morgan fingerprint density at radius 1 is 1.36 bits per heavy atom. The van der Waals surface area contributed by atoms with Crippen LogP contribution in [0.5, 0.6) is 0 Å². The van der Waals surface area contributed by atoms with Gasteiger partial charge in [0, 0.05) is 0 Å². The number of aliphatic hydroxyl groups excluding tert-OH is 2. The molecule has 2 bridgehead atoms. The molecule has 118 valence electrons. The number of ether oxygens (including phenoxy) is 1. The standard InChI is InChI=1S/C13H17N5O4/c14-8-7-9(16-5-15-8)18(6-17-7)11-13(21)3-1-2-12(4-19,22-11)10(13)20/h5-6,10-11,19-21H,1-4H2,(H2,14,15,16)/t10?,11-,12-,13?/m1/s1. The van der Waals surface area contributed by atoms with Crippen LogP contribution >= 0.6 is 0 Å². The third kappa shape index (κ3) is 1.53. The van der Waals surface area contributed by atoms with E-state index in [1.54, 1.807) is 4.57 Å². The van der Waals surface area contributed by atoms with E-state index in [0.717, 1.165) is 0 Å². The second-order valence-electron chi connectivity index (χ2n) is 6.02. The van der Waals surface area contributed by atoms with Gasteiger partial charge in [-0.3, -0.25) is 4.57 Å². The van der Waals surface area contributed by atoms with E-state index in [2.05, 4.69) is 15.0 Å². The Morgan fingerprint density at radius 3 is 2.91 bits per heavy atom. The SMILES string of the molecule is Nc1ncnc2c1ncn2[C@@H]1O[C@@]2(CO)CCCC1(O)C2O. The van der Waals surface area contributed by atoms with Gasteiger partial charge in [0.25, 0.3) is 0 Å². The van der Waals surface area contributed by atoms with Crippen LogP contribution in [0.1, 0.15) is 25.5 Å². The van der Waals surface area contributed by atoms with Gasteiger partial charge in [0.2, 0.25) is 0 Å². The first kappa shape index (κ1) is 13.8. The largest absolute Gasteiger partial charge is 0.393 e. The maximum absolute atomic E-state index is 10.9. The summed E-state index contributed by atoms with van der Waals surface area (Å²) in [4.78, 5) is 12.2. The van der Waals surface area contributed by atoms with Gasteiger partial charge in [0.05, 0.1) is 12.9 Å². The first-order chi connectivity index (χ1) is 10.5. The topological polar surface area (TPSA) is 140 Å². The molecule has 1 aliphatic carbocycles. The predicted molar refractivity (Wildman–Crippen MR) is 74.5 cm³/mol. The highest BCUT2D eigenvalue weighted by molar-refractivity contribution is 5.81. The quantitative estimate of drug-likeness (QED) is 0.551. The first-order valence-corrected chi connectivity index (χ1v) is 7.14. The summed E-state index contributed by atoms with van der Waals surface area (Å²) in [6.07, 6.45) is 2.18. The van der Waals surface area contributed by atoms with Crippen molar-refractivity contribution in [2.75, 3.05) is 12.3 Å². The summed E-state index contributed by atoms with van der Waals surface area (Å²) in [6, 6.07) is 0. The highest BCUT2D eigenvalue weighted by Crippen LogP contribution is 2.53. The van der Waals surface area contributed by atoms with Crippen LogP contribution in [0.25, 0.3) is 11.2 Å². The summed E-state index contributed by atoms with van der Waals surface area (Å²) >= 11 is 0. The number of nitrogens with two attached hydrogens (primary N) is 1. The van der Waals surface area contributed by atoms with Crippen molar-refractivity contribution in [2.24, 2.45) is 0 Å². The molecule has 1 saturated heterocycles. The third-order valence-corrected chi connectivity index (χ3v) is 4.83. The number of aromatic nitrogens is 4. The maximum Gasteiger partial charge on any atom is 0.169 e. The lowest BCUT2D eigenvalue weighted by molar-refractivity contribution is -0.133. The molecular weight excluding hydrogens is 290 g/mol. The maximum atomic E-state index is 10.9. The molecule has 9 heteroatoms. The van der Waals surface area contributed by atoms with Crippen LogP contribution in [-0.2, 0) is 4.74 Å². The van der Waals surface area contributed by atoms with Crippen LogP contribution in [0.2, 0.25) is 0 Å². The highest BCUT2D eigenvalue weighted by Gasteiger charge is 2.65. The van der Waals surface area contributed by atoms with Gasteiger partial charge in [-0.2, -0.15) is 0 Å². The van der Waals surface area contributed by atoms with Crippen molar-refractivity contribution in [3.63, 3.8) is 0 Å². The van der Waals surface area contributed by atoms with Crippen LogP contribution in [0.4, 0.5) is 5.82 Å². The molecule has 2 aromatic rings. The Balaban J connectivity index is 1.87. The van der Waals surface area contributed by atoms with Crippen molar-refractivity contribution in [2.45, 2.75) is 42.8 Å². The van der Waals surface area contributed by atoms with Gasteiger partial charge in [-0.25, -0.2) is 15.0 Å². The molecule has 5 N–H and O–H groups in total. The smallest absolute Gasteiger partial charge is 0.169 e. The second kappa shape index (κ2) is 4.35. The van der Waals surface area contributed by atoms with Crippen molar-refractivity contribution >= 4 is 17.0 Å². The zero-order valence-corrected chi connectivity index (χ0v) is 11.8. The van der Waals surface area contributed by atoms with Gasteiger partial charge < -0.3 is 25.8 Å². The summed E-state index contributed by atoms with van der Waals surface area (Å²) in [7, 11) is 0. The minimum Gasteiger partial charge on any atom is -0.393 e. The van der Waals surface area contributed by atoms with Crippen LogP contribution < -0.4 is 5.73 Å². The first-order valence-electron chi connectivity index (χ1n) is 7.14. The van der Waals surface area contributed by atoms with Gasteiger partial charge in [-0.1, -0.05) is 0 Å². The molecule has 0 amide bonds. The van der Waals surface area contributed by atoms with Gasteiger partial charge in [-0.15, -0.1) is 0 Å². The van der Waals surface area contributed by atoms with E-state index in [1.165, 1.54) is 12.7 Å². The van der Waals surface area contributed by atoms with Gasteiger partial charge in [-0.05, 0) is 19.3 Å². The van der Waals surface area contributed by atoms with Crippen molar-refractivity contribution < 1.29 is 20.1 Å². The Labute approximate surface area is 125 Å². The monoisotopic (exact) mass is 307 g/mol. The Morgan fingerprint density at radius 2 is 2.18 bits per heavy atom. The van der Waals surface area contributed by atoms with E-state index in [-0.39, 0.29) is 12.4 Å². The molecule has 0 spiro atoms. The van der Waals surface area contributed by atoms with Crippen LogP contribution in [0.3, 0.4) is 0 Å². The molecule has 2 aliphatic rings. The van der Waals surface area contributed by atoms with Crippen molar-refractivity contribution in [1.29, 1.82) is 0 Å². The zero-order chi connectivity index (χ0) is 15.5. The van der Waals surface area contributed by atoms with E-state index < -0.39 is 23.5 Å². The van der Waals surface area contributed by atoms with Crippen LogP contribution in [0, 0.1) is 0 Å². The number of imidazole rings is 1. The number of aliphatic hydroxyl groups is 3. The molecule has 4 atom stereocenters. The fourth-order valence-electron chi connectivity index (χ4n) is 3.65. The molecule has 2 fully saturated rings. The molecule has 0 radical (unpaired) electrons. The lowest BCUT2D eigenvalue weighted by atomic mass is 9.75. The zero-order valence-electron chi connectivity index (χ0n) is 11.8. The van der Waals surface area contributed by atoms with Crippen molar-refractivity contribution in [3.05, 3.63) is 12.7 Å². The molecule has 9 nitrogen and oxygen atoms in total. The summed E-state index contributed by atoms with van der Waals surface area (Å²) in [5.74, 6) is 0.231. The van der Waals surface area contributed by atoms with E-state index in [9.17, 15) is 15.3 Å². The van der Waals surface area contributed by atoms with Crippen molar-refractivity contribution in [3.8, 4) is 0 Å². The number of nitrogens with zero attached hydrogens (tertiary/aromatic N) is 4. The lowest BCUT2D eigenvalue weighted by Gasteiger charge is -2.38. The molecular formula is C13H17N5O4. The van der Waals surface area contributed by atoms with E-state index >= 15 is 0 Å². The average Bonchev–Trinajstić information content (AvgIpc) is 2.97. The van der Waals surface area contributed by atoms with E-state index in [4.69, 9.17) is 10.5 Å². The fourth-order valence-corrected chi connectivity index (χ4v) is 3.65. The lowest BCUT2D eigenvalue weighted by Crippen LogP contribution is -2.55. The number of fused-ring (bicyclic) bond motifs is 3. The normalized spacial score (nSPS) is 37.8. The minimum atomic E-state index is -1.51. The highest BCUT2D eigenvalue weighted by atomic mass is 16.6. The Hall–Kier alpha value is -1.81. The molecule has 1 saturated carbocycles. The minimum absolute atomic E-state index is 0.231. The second-order valence-corrected chi connectivity index (χ2v) is 6.02. The number of hydrogen-bond donors (Lipinski definition) is 4. The fraction of sp³-hybridized carbons (Fsp3) is 0.615. The number of nitrogen functional groups attached to an aromatic ring is 1. The van der Waals surface area contributed by atoms with Crippen molar-refractivity contribution in [1.82, 2.24) is 19.5 Å². The summed E-state index contributed by atoms with van der Waals surface area (Å²) < 4.78 is 7.44. The number of rotatable bonds is 2. The molecule has 4 rings (SSSR count). The van der Waals surface area contributed by atoms with E-state index in [1.807, 2.05) is 0 Å². The van der Waals surface area contributed by atoms with Crippen LogP contribution in [-0.4, -0.2) is 58.8 Å². The van der Waals surface area contributed by atoms with Crippen LogP contribution in [0.15, 0.2) is 12.7 Å². The summed E-state index contributed by atoms with van der Waals surface area (Å²) in [6.45, 7) is -0.364. The van der Waals surface area contributed by atoms with Gasteiger partial charge in [0.15, 0.2) is 17.7 Å². The third-order valence-electron chi connectivity index (χ3n) is 4.83. The Kier molecular flexibility index (Phi) is 2.74. The van der Waals surface area contributed by atoms with Gasteiger partial charge >= 0.3 is 0 Å². The molecule has 1 aliphatic heterocycles. The predicted octanol–water partition coefficient (Wildman–Crippen LogP) is -1.06. The number of hydrogen-bond acceptors (Lipinski definition) is 8. The number of anilines is 1. The molecule has 22 heavy (non-hydrogen) atoms. The average molecular weight is 307 g/mol. The van der Waals surface area contributed by atoms with E-state index in [0.29, 0.717) is 30.4 Å². The summed E-state index contributed by atoms with van der Waals surface area (Å²) in [5.41, 5.74) is 3.92. The van der Waals surface area contributed by atoms with Gasteiger partial charge in [0.1, 0.15) is 29.2 Å². The molecule has 0 aromatic carbocycles. The summed E-state index contributed by atoms with van der Waals surface area (Å²) in [5, 5.41) is 31.1. The molecule has 3 heterocycles. The molecule has 2 unspecified atom stereocenters. The molecule has 2 aromatic heterocycles. The Bertz CT molecular complexity index is 736.